The predicted molar refractivity (Wildman–Crippen MR) is 41.7 cm³/mol. The maximum atomic E-state index is 13.1. The molecule has 0 amide bonds. The number of hydrogen-bond acceptors (Lipinski definition) is 2. The molecule has 1 atom stereocenters. The molecule has 9 heteroatoms. The van der Waals surface area contributed by atoms with Crippen molar-refractivity contribution in [2.24, 2.45) is 0 Å². The molecule has 0 saturated heterocycles. The highest BCUT2D eigenvalue weighted by Gasteiger charge is 2.61. The topological polar surface area (TPSA) is 26.3 Å². The minimum atomic E-state index is -5.80. The molecule has 0 rings (SSSR count). The molecule has 2 nitrogen and oxygen atoms in total. The van der Waals surface area contributed by atoms with Gasteiger partial charge in [0.1, 0.15) is 6.61 Å². The van der Waals surface area contributed by atoms with Crippen LogP contribution in [-0.4, -0.2) is 30.6 Å². The van der Waals surface area contributed by atoms with Gasteiger partial charge in [-0.3, -0.25) is 0 Å². The second-order valence-corrected chi connectivity index (χ2v) is 3.07. The van der Waals surface area contributed by atoms with Crippen molar-refractivity contribution in [3.8, 4) is 0 Å². The van der Waals surface area contributed by atoms with Gasteiger partial charge in [-0.15, -0.1) is 0 Å². The van der Waals surface area contributed by atoms with Crippen LogP contribution in [0.3, 0.4) is 0 Å². The smallest absolute Gasteiger partial charge is 0.426 e. The molecule has 0 aliphatic carbocycles. The van der Waals surface area contributed by atoms with E-state index >= 15 is 0 Å². The SMILES string of the molecule is C=CC(=O)OCC(F)(CC(F)(F)F)C(F)(F)F. The molecule has 100 valence electrons. The quantitative estimate of drug-likeness (QED) is 0.445. The average Bonchev–Trinajstić information content (AvgIpc) is 2.09. The number of hydrogen-bond donors (Lipinski definition) is 0. The van der Waals surface area contributed by atoms with Crippen LogP contribution in [0.25, 0.3) is 0 Å². The molecule has 1 unspecified atom stereocenters. The van der Waals surface area contributed by atoms with Crippen LogP contribution in [0.15, 0.2) is 12.7 Å². The minimum Gasteiger partial charge on any atom is -0.459 e. The Hall–Kier alpha value is -1.28. The molecule has 0 saturated carbocycles. The third-order valence-corrected chi connectivity index (χ3v) is 1.60. The first-order valence-electron chi connectivity index (χ1n) is 4.03. The fraction of sp³-hybridized carbons (Fsp3) is 0.625. The van der Waals surface area contributed by atoms with E-state index in [4.69, 9.17) is 0 Å². The van der Waals surface area contributed by atoms with Crippen molar-refractivity contribution in [1.82, 2.24) is 0 Å². The molecule has 0 bridgehead atoms. The van der Waals surface area contributed by atoms with Crippen LogP contribution >= 0.6 is 0 Å². The van der Waals surface area contributed by atoms with E-state index in [2.05, 4.69) is 11.3 Å². The van der Waals surface area contributed by atoms with Gasteiger partial charge in [-0.25, -0.2) is 9.18 Å². The number of alkyl halides is 7. The van der Waals surface area contributed by atoms with E-state index in [-0.39, 0.29) is 0 Å². The lowest BCUT2D eigenvalue weighted by molar-refractivity contribution is -0.277. The summed E-state index contributed by atoms with van der Waals surface area (Å²) in [6, 6.07) is 0. The van der Waals surface area contributed by atoms with Crippen molar-refractivity contribution in [2.75, 3.05) is 6.61 Å². The van der Waals surface area contributed by atoms with Gasteiger partial charge in [0.15, 0.2) is 0 Å². The lowest BCUT2D eigenvalue weighted by Crippen LogP contribution is -2.48. The van der Waals surface area contributed by atoms with Crippen LogP contribution in [0.1, 0.15) is 6.42 Å². The van der Waals surface area contributed by atoms with Gasteiger partial charge < -0.3 is 4.74 Å². The van der Waals surface area contributed by atoms with Crippen molar-refractivity contribution in [3.05, 3.63) is 12.7 Å². The lowest BCUT2D eigenvalue weighted by Gasteiger charge is -2.27. The molecule has 17 heavy (non-hydrogen) atoms. The fourth-order valence-electron chi connectivity index (χ4n) is 0.795. The van der Waals surface area contributed by atoms with Crippen molar-refractivity contribution in [2.45, 2.75) is 24.4 Å². The molecule has 0 fully saturated rings. The van der Waals surface area contributed by atoms with Gasteiger partial charge in [-0.05, 0) is 0 Å². The molecule has 0 radical (unpaired) electrons. The van der Waals surface area contributed by atoms with E-state index in [1.807, 2.05) is 0 Å². The lowest BCUT2D eigenvalue weighted by atomic mass is 10.0. The van der Waals surface area contributed by atoms with E-state index in [1.54, 1.807) is 0 Å². The Balaban J connectivity index is 4.87. The van der Waals surface area contributed by atoms with E-state index in [1.165, 1.54) is 0 Å². The summed E-state index contributed by atoms with van der Waals surface area (Å²) in [5.41, 5.74) is -4.66. The minimum absolute atomic E-state index is 0.407. The van der Waals surface area contributed by atoms with Crippen molar-refractivity contribution in [1.29, 1.82) is 0 Å². The first-order valence-corrected chi connectivity index (χ1v) is 4.03. The van der Waals surface area contributed by atoms with Crippen LogP contribution in [0.2, 0.25) is 0 Å². The highest BCUT2D eigenvalue weighted by atomic mass is 19.4. The van der Waals surface area contributed by atoms with Crippen LogP contribution in [0.5, 0.6) is 0 Å². The second-order valence-electron chi connectivity index (χ2n) is 3.07. The highest BCUT2D eigenvalue weighted by molar-refractivity contribution is 5.81. The zero-order valence-corrected chi connectivity index (χ0v) is 8.16. The predicted octanol–water partition coefficient (Wildman–Crippen LogP) is 2.94. The van der Waals surface area contributed by atoms with Gasteiger partial charge in [0.05, 0.1) is 6.42 Å². The van der Waals surface area contributed by atoms with Crippen molar-refractivity contribution in [3.63, 3.8) is 0 Å². The Labute approximate surface area is 91.0 Å². The largest absolute Gasteiger partial charge is 0.459 e. The summed E-state index contributed by atoms with van der Waals surface area (Å²) in [5.74, 6) is -1.45. The van der Waals surface area contributed by atoms with Crippen LogP contribution in [0, 0.1) is 0 Å². The summed E-state index contributed by atoms with van der Waals surface area (Å²) in [6.45, 7) is 0.729. The van der Waals surface area contributed by atoms with Gasteiger partial charge >= 0.3 is 18.3 Å². The van der Waals surface area contributed by atoms with Crippen molar-refractivity contribution >= 4 is 5.97 Å². The van der Waals surface area contributed by atoms with Crippen LogP contribution in [-0.2, 0) is 9.53 Å². The van der Waals surface area contributed by atoms with Crippen LogP contribution in [0.4, 0.5) is 30.7 Å². The molecule has 0 aliphatic rings. The zero-order valence-electron chi connectivity index (χ0n) is 8.16. The zero-order chi connectivity index (χ0) is 13.9. The average molecular weight is 268 g/mol. The maximum absolute atomic E-state index is 13.1. The summed E-state index contributed by atoms with van der Waals surface area (Å²) in [5, 5.41) is 0. The molecule has 0 N–H and O–H groups in total. The van der Waals surface area contributed by atoms with E-state index in [0.29, 0.717) is 6.08 Å². The number of rotatable bonds is 4. The van der Waals surface area contributed by atoms with Crippen molar-refractivity contribution < 1.29 is 40.3 Å². The third kappa shape index (κ3) is 5.05. The first-order chi connectivity index (χ1) is 7.41. The monoisotopic (exact) mass is 268 g/mol. The standard InChI is InChI=1S/C8H7F7O2/c1-2-5(16)17-4-6(9,8(13,14)15)3-7(10,11)12/h2H,1,3-4H2. The Kier molecular flexibility index (Phi) is 4.55. The Morgan fingerprint density at radius 1 is 1.12 bits per heavy atom. The number of carbonyl (C=O) groups is 1. The van der Waals surface area contributed by atoms with Gasteiger partial charge in [0.25, 0.3) is 0 Å². The summed E-state index contributed by atoms with van der Waals surface area (Å²) >= 11 is 0. The highest BCUT2D eigenvalue weighted by Crippen LogP contribution is 2.42. The molecular weight excluding hydrogens is 261 g/mol. The molecule has 0 heterocycles. The molecule has 0 aliphatic heterocycles. The van der Waals surface area contributed by atoms with Gasteiger partial charge in [-0.1, -0.05) is 6.58 Å². The Morgan fingerprint density at radius 2 is 1.59 bits per heavy atom. The summed E-state index contributed by atoms with van der Waals surface area (Å²) in [6.07, 6.45) is -13.6. The molecule has 0 aromatic carbocycles. The number of esters is 1. The van der Waals surface area contributed by atoms with Gasteiger partial charge in [0.2, 0.25) is 5.67 Å². The molecular formula is C8H7F7O2. The summed E-state index contributed by atoms with van der Waals surface area (Å²) in [4.78, 5) is 10.4. The van der Waals surface area contributed by atoms with Gasteiger partial charge in [0, 0.05) is 6.08 Å². The van der Waals surface area contributed by atoms with E-state index in [0.717, 1.165) is 0 Å². The fourth-order valence-corrected chi connectivity index (χ4v) is 0.795. The number of ether oxygens (including phenoxy) is 1. The summed E-state index contributed by atoms with van der Waals surface area (Å²) < 4.78 is 88.5. The maximum Gasteiger partial charge on any atom is 0.426 e. The van der Waals surface area contributed by atoms with E-state index < -0.39 is 37.0 Å². The number of carbonyl (C=O) groups excluding carboxylic acids is 1. The van der Waals surface area contributed by atoms with E-state index in [9.17, 15) is 35.5 Å². The first kappa shape index (κ1) is 15.7. The Bertz CT molecular complexity index is 293. The third-order valence-electron chi connectivity index (χ3n) is 1.60. The molecule has 0 spiro atoms. The molecule has 0 aromatic heterocycles. The van der Waals surface area contributed by atoms with Gasteiger partial charge in [-0.2, -0.15) is 26.3 Å². The summed E-state index contributed by atoms with van der Waals surface area (Å²) in [7, 11) is 0. The van der Waals surface area contributed by atoms with Crippen LogP contribution < -0.4 is 0 Å². The number of halogens is 7. The molecule has 0 aromatic rings. The normalized spacial score (nSPS) is 16.2. The second kappa shape index (κ2) is 4.92. The Morgan fingerprint density at radius 3 is 1.88 bits per heavy atom.